The number of thiazole rings is 1. The second-order valence-corrected chi connectivity index (χ2v) is 5.50. The van der Waals surface area contributed by atoms with Gasteiger partial charge in [0.15, 0.2) is 28.4 Å². The molecule has 2 aromatic rings. The molecule has 8 heteroatoms. The summed E-state index contributed by atoms with van der Waals surface area (Å²) in [5.41, 5.74) is 5.26. The van der Waals surface area contributed by atoms with E-state index in [0.29, 0.717) is 17.0 Å². The Kier molecular flexibility index (Phi) is 2.93. The molecule has 106 valence electrons. The van der Waals surface area contributed by atoms with Crippen LogP contribution in [0.3, 0.4) is 0 Å². The van der Waals surface area contributed by atoms with Crippen LogP contribution in [0.4, 0.5) is 27.1 Å². The van der Waals surface area contributed by atoms with Crippen LogP contribution < -0.4 is 5.73 Å². The molecule has 0 fully saturated rings. The number of fused-ring (bicyclic) bond motifs is 1. The van der Waals surface area contributed by atoms with Crippen LogP contribution in [0.1, 0.15) is 28.5 Å². The number of nitrogens with zero attached hydrogens (tertiary/aromatic N) is 1. The Bertz CT molecular complexity index is 683. The van der Waals surface area contributed by atoms with Crippen LogP contribution in [-0.4, -0.2) is 4.98 Å². The van der Waals surface area contributed by atoms with E-state index in [1.807, 2.05) is 0 Å². The molecular weight excluding hydrogens is 299 g/mol. The minimum absolute atomic E-state index is 0.212. The number of aryl methyl sites for hydroxylation is 1. The molecule has 1 aliphatic carbocycles. The number of hydrogen-bond acceptors (Lipinski definition) is 3. The topological polar surface area (TPSA) is 38.9 Å². The Morgan fingerprint density at radius 2 is 1.50 bits per heavy atom. The number of aromatic nitrogens is 1. The van der Waals surface area contributed by atoms with Crippen molar-refractivity contribution in [2.24, 2.45) is 0 Å². The summed E-state index contributed by atoms with van der Waals surface area (Å²) in [6.45, 7) is 0. The number of benzene rings is 1. The highest BCUT2D eigenvalue weighted by Crippen LogP contribution is 2.44. The van der Waals surface area contributed by atoms with Crippen molar-refractivity contribution in [1.82, 2.24) is 4.98 Å². The van der Waals surface area contributed by atoms with Crippen molar-refractivity contribution in [3.63, 3.8) is 0 Å². The fourth-order valence-electron chi connectivity index (χ4n) is 2.45. The lowest BCUT2D eigenvalue weighted by Crippen LogP contribution is -2.10. The molecule has 1 heterocycles. The molecule has 1 aliphatic rings. The average Bonchev–Trinajstić information content (AvgIpc) is 2.94. The number of hydrogen-bond donors (Lipinski definition) is 1. The molecule has 0 saturated heterocycles. The normalized spacial score (nSPS) is 17.6. The summed E-state index contributed by atoms with van der Waals surface area (Å²) >= 11 is 1.01. The predicted octanol–water partition coefficient (Wildman–Crippen LogP) is 3.50. The summed E-state index contributed by atoms with van der Waals surface area (Å²) in [7, 11) is 0. The lowest BCUT2D eigenvalue weighted by atomic mass is 9.96. The summed E-state index contributed by atoms with van der Waals surface area (Å²) < 4.78 is 67.1. The Balaban J connectivity index is 2.22. The Labute approximate surface area is 114 Å². The van der Waals surface area contributed by atoms with E-state index >= 15 is 0 Å². The lowest BCUT2D eigenvalue weighted by molar-refractivity contribution is 0.367. The number of nitrogen functional groups attached to an aromatic ring is 1. The van der Waals surface area contributed by atoms with E-state index in [0.717, 1.165) is 11.3 Å². The van der Waals surface area contributed by atoms with Crippen LogP contribution in [-0.2, 0) is 6.42 Å². The van der Waals surface area contributed by atoms with Gasteiger partial charge in [0, 0.05) is 16.4 Å². The largest absolute Gasteiger partial charge is 0.375 e. The summed E-state index contributed by atoms with van der Waals surface area (Å²) in [4.78, 5) is 4.44. The monoisotopic (exact) mass is 306 g/mol. The minimum atomic E-state index is -2.15. The lowest BCUT2D eigenvalue weighted by Gasteiger charge is -2.14. The average molecular weight is 306 g/mol. The first-order valence-electron chi connectivity index (χ1n) is 5.68. The van der Waals surface area contributed by atoms with Gasteiger partial charge in [-0.25, -0.2) is 26.9 Å². The van der Waals surface area contributed by atoms with Gasteiger partial charge >= 0.3 is 0 Å². The van der Waals surface area contributed by atoms with E-state index in [1.54, 1.807) is 0 Å². The van der Waals surface area contributed by atoms with Gasteiger partial charge in [-0.3, -0.25) is 0 Å². The van der Waals surface area contributed by atoms with Crippen molar-refractivity contribution >= 4 is 16.5 Å². The third kappa shape index (κ3) is 1.71. The molecule has 2 N–H and O–H groups in total. The van der Waals surface area contributed by atoms with E-state index in [2.05, 4.69) is 4.98 Å². The number of anilines is 1. The smallest absolute Gasteiger partial charge is 0.200 e. The van der Waals surface area contributed by atoms with Gasteiger partial charge in [-0.1, -0.05) is 0 Å². The van der Waals surface area contributed by atoms with Gasteiger partial charge in [-0.2, -0.15) is 0 Å². The molecule has 0 spiro atoms. The molecule has 3 rings (SSSR count). The van der Waals surface area contributed by atoms with Crippen LogP contribution in [0.25, 0.3) is 0 Å². The first-order chi connectivity index (χ1) is 9.41. The highest BCUT2D eigenvalue weighted by molar-refractivity contribution is 7.15. The molecule has 1 unspecified atom stereocenters. The zero-order valence-electron chi connectivity index (χ0n) is 9.81. The van der Waals surface area contributed by atoms with Crippen molar-refractivity contribution in [1.29, 1.82) is 0 Å². The van der Waals surface area contributed by atoms with Gasteiger partial charge in [0.1, 0.15) is 0 Å². The van der Waals surface area contributed by atoms with Crippen LogP contribution in [0, 0.1) is 29.1 Å². The molecular formula is C12H7F5N2S. The molecule has 0 aliphatic heterocycles. The molecule has 1 aromatic carbocycles. The van der Waals surface area contributed by atoms with Crippen molar-refractivity contribution < 1.29 is 22.0 Å². The maximum absolute atomic E-state index is 13.8. The first kappa shape index (κ1) is 13.3. The first-order valence-corrected chi connectivity index (χ1v) is 6.49. The van der Waals surface area contributed by atoms with E-state index in [4.69, 9.17) is 5.73 Å². The molecule has 0 radical (unpaired) electrons. The fraction of sp³-hybridized carbons (Fsp3) is 0.250. The Morgan fingerprint density at radius 1 is 0.950 bits per heavy atom. The van der Waals surface area contributed by atoms with Crippen LogP contribution in [0.15, 0.2) is 0 Å². The quantitative estimate of drug-likeness (QED) is 0.497. The summed E-state index contributed by atoms with van der Waals surface area (Å²) in [6.07, 6.45) is 0.639. The second kappa shape index (κ2) is 4.41. The zero-order valence-corrected chi connectivity index (χ0v) is 10.6. The van der Waals surface area contributed by atoms with Gasteiger partial charge in [0.25, 0.3) is 0 Å². The predicted molar refractivity (Wildman–Crippen MR) is 62.9 cm³/mol. The van der Waals surface area contributed by atoms with E-state index in [-0.39, 0.29) is 11.6 Å². The van der Waals surface area contributed by atoms with Crippen LogP contribution in [0.2, 0.25) is 0 Å². The SMILES string of the molecule is Nc1nc2c(s1)C(c1c(F)c(F)c(F)c(F)c1F)CC2. The molecule has 2 nitrogen and oxygen atoms in total. The highest BCUT2D eigenvalue weighted by Gasteiger charge is 2.36. The number of halogens is 5. The van der Waals surface area contributed by atoms with Gasteiger partial charge in [-0.05, 0) is 12.8 Å². The molecule has 1 aromatic heterocycles. The third-order valence-corrected chi connectivity index (χ3v) is 4.36. The van der Waals surface area contributed by atoms with E-state index < -0.39 is 40.6 Å². The Hall–Kier alpha value is -1.70. The van der Waals surface area contributed by atoms with Crippen molar-refractivity contribution in [2.75, 3.05) is 5.73 Å². The van der Waals surface area contributed by atoms with Crippen LogP contribution in [0.5, 0.6) is 0 Å². The second-order valence-electron chi connectivity index (χ2n) is 4.44. The van der Waals surface area contributed by atoms with Crippen molar-refractivity contribution in [3.05, 3.63) is 45.2 Å². The number of rotatable bonds is 1. The summed E-state index contributed by atoms with van der Waals surface area (Å²) in [5.74, 6) is -10.5. The molecule has 0 bridgehead atoms. The van der Waals surface area contributed by atoms with Gasteiger partial charge in [-0.15, -0.1) is 11.3 Å². The minimum Gasteiger partial charge on any atom is -0.375 e. The van der Waals surface area contributed by atoms with E-state index in [9.17, 15) is 22.0 Å². The molecule has 1 atom stereocenters. The molecule has 20 heavy (non-hydrogen) atoms. The van der Waals surface area contributed by atoms with Gasteiger partial charge in [0.05, 0.1) is 5.69 Å². The van der Waals surface area contributed by atoms with Crippen molar-refractivity contribution in [3.8, 4) is 0 Å². The zero-order chi connectivity index (χ0) is 14.6. The van der Waals surface area contributed by atoms with Gasteiger partial charge in [0.2, 0.25) is 5.82 Å². The molecule has 0 amide bonds. The highest BCUT2D eigenvalue weighted by atomic mass is 32.1. The fourth-order valence-corrected chi connectivity index (χ4v) is 3.47. The summed E-state index contributed by atoms with van der Waals surface area (Å²) in [6, 6.07) is 0. The van der Waals surface area contributed by atoms with Gasteiger partial charge < -0.3 is 5.73 Å². The standard InChI is InChI=1S/C12H7F5N2S/c13-6-5(7(14)9(16)10(17)8(6)15)3-1-2-4-11(3)20-12(18)19-4/h3H,1-2H2,(H2,18,19). The van der Waals surface area contributed by atoms with Crippen LogP contribution >= 0.6 is 11.3 Å². The summed E-state index contributed by atoms with van der Waals surface area (Å²) in [5, 5.41) is 0.212. The maximum Gasteiger partial charge on any atom is 0.200 e. The maximum atomic E-state index is 13.8. The van der Waals surface area contributed by atoms with E-state index in [1.165, 1.54) is 0 Å². The number of nitrogens with two attached hydrogens (primary N) is 1. The van der Waals surface area contributed by atoms with Crippen molar-refractivity contribution in [2.45, 2.75) is 18.8 Å². The Morgan fingerprint density at radius 3 is 2.10 bits per heavy atom. The third-order valence-electron chi connectivity index (χ3n) is 3.32. The molecule has 0 saturated carbocycles.